The van der Waals surface area contributed by atoms with Gasteiger partial charge in [-0.15, -0.1) is 0 Å². The zero-order chi connectivity index (χ0) is 6.72. The van der Waals surface area contributed by atoms with Crippen LogP contribution in [0.3, 0.4) is 0 Å². The zero-order valence-corrected chi connectivity index (χ0v) is 6.05. The smallest absolute Gasteiger partial charge is 0.139 e. The fraction of sp³-hybridized carbons (Fsp3) is 0.889. The van der Waals surface area contributed by atoms with E-state index in [9.17, 15) is 4.79 Å². The van der Waals surface area contributed by atoms with Crippen LogP contribution in [0.1, 0.15) is 25.7 Å². The van der Waals surface area contributed by atoms with Gasteiger partial charge in [-0.25, -0.2) is 0 Å². The van der Waals surface area contributed by atoms with Gasteiger partial charge in [-0.3, -0.25) is 4.79 Å². The van der Waals surface area contributed by atoms with Gasteiger partial charge in [-0.05, 0) is 37.5 Å². The van der Waals surface area contributed by atoms with Crippen molar-refractivity contribution >= 4 is 5.78 Å². The molecular formula is C9H12O. The molecule has 0 amide bonds. The molecule has 0 radical (unpaired) electrons. The van der Waals surface area contributed by atoms with Crippen molar-refractivity contribution in [2.24, 2.45) is 23.7 Å². The monoisotopic (exact) mass is 136 g/mol. The van der Waals surface area contributed by atoms with Gasteiger partial charge in [-0.2, -0.15) is 0 Å². The molecule has 0 aromatic carbocycles. The predicted molar refractivity (Wildman–Crippen MR) is 37.4 cm³/mol. The van der Waals surface area contributed by atoms with Gasteiger partial charge in [0.15, 0.2) is 0 Å². The van der Waals surface area contributed by atoms with Crippen molar-refractivity contribution in [3.63, 3.8) is 0 Å². The van der Waals surface area contributed by atoms with Crippen LogP contribution >= 0.6 is 0 Å². The molecule has 0 aromatic rings. The Balaban J connectivity index is 2.00. The molecule has 3 aliphatic rings. The number of carbonyl (C=O) groups is 1. The summed E-state index contributed by atoms with van der Waals surface area (Å²) in [5.74, 6) is 3.53. The normalized spacial score (nSPS) is 56.6. The molecule has 0 spiro atoms. The molecule has 10 heavy (non-hydrogen) atoms. The van der Waals surface area contributed by atoms with Crippen molar-refractivity contribution in [2.45, 2.75) is 25.7 Å². The summed E-state index contributed by atoms with van der Waals surface area (Å²) in [5, 5.41) is 0. The number of hydrogen-bond acceptors (Lipinski definition) is 1. The summed E-state index contributed by atoms with van der Waals surface area (Å²) in [4.78, 5) is 11.3. The molecule has 0 aromatic heterocycles. The SMILES string of the molecule is O=C1[C@H]2CCC3CC[C@@H]1C32. The fourth-order valence-electron chi connectivity index (χ4n) is 3.46. The van der Waals surface area contributed by atoms with Crippen LogP contribution in [0.25, 0.3) is 0 Å². The van der Waals surface area contributed by atoms with E-state index in [1.54, 1.807) is 0 Å². The molecule has 3 fully saturated rings. The first kappa shape index (κ1) is 5.34. The van der Waals surface area contributed by atoms with E-state index in [1.165, 1.54) is 25.7 Å². The highest BCUT2D eigenvalue weighted by Crippen LogP contribution is 2.59. The van der Waals surface area contributed by atoms with Gasteiger partial charge in [0.2, 0.25) is 0 Å². The largest absolute Gasteiger partial charge is 0.299 e. The minimum atomic E-state index is 0.539. The second-order valence-corrected chi connectivity index (χ2v) is 4.11. The van der Waals surface area contributed by atoms with Crippen LogP contribution in [0, 0.1) is 23.7 Å². The van der Waals surface area contributed by atoms with Gasteiger partial charge in [0.25, 0.3) is 0 Å². The van der Waals surface area contributed by atoms with E-state index in [4.69, 9.17) is 0 Å². The Morgan fingerprint density at radius 2 is 1.60 bits per heavy atom. The summed E-state index contributed by atoms with van der Waals surface area (Å²) in [7, 11) is 0. The molecule has 0 saturated heterocycles. The third kappa shape index (κ3) is 0.388. The van der Waals surface area contributed by atoms with Gasteiger partial charge in [0.1, 0.15) is 5.78 Å². The van der Waals surface area contributed by atoms with Crippen LogP contribution in [0.5, 0.6) is 0 Å². The average molecular weight is 136 g/mol. The zero-order valence-electron chi connectivity index (χ0n) is 6.05. The molecule has 54 valence electrons. The van der Waals surface area contributed by atoms with Gasteiger partial charge in [0, 0.05) is 11.8 Å². The molecule has 2 unspecified atom stereocenters. The molecule has 4 atom stereocenters. The summed E-state index contributed by atoms with van der Waals surface area (Å²) < 4.78 is 0. The maximum atomic E-state index is 11.3. The van der Waals surface area contributed by atoms with E-state index in [0.29, 0.717) is 17.6 Å². The van der Waals surface area contributed by atoms with Crippen molar-refractivity contribution in [1.82, 2.24) is 0 Å². The Morgan fingerprint density at radius 1 is 1.00 bits per heavy atom. The summed E-state index contributed by atoms with van der Waals surface area (Å²) in [6.45, 7) is 0. The maximum Gasteiger partial charge on any atom is 0.139 e. The molecular weight excluding hydrogens is 124 g/mol. The Labute approximate surface area is 60.8 Å². The second kappa shape index (κ2) is 1.46. The van der Waals surface area contributed by atoms with Crippen LogP contribution in [-0.4, -0.2) is 5.78 Å². The highest BCUT2D eigenvalue weighted by Gasteiger charge is 2.58. The second-order valence-electron chi connectivity index (χ2n) is 4.11. The summed E-state index contributed by atoms with van der Waals surface area (Å²) in [6, 6.07) is 0. The first-order chi connectivity index (χ1) is 4.88. The van der Waals surface area contributed by atoms with Crippen molar-refractivity contribution in [3.8, 4) is 0 Å². The van der Waals surface area contributed by atoms with Gasteiger partial charge in [-0.1, -0.05) is 0 Å². The van der Waals surface area contributed by atoms with Crippen LogP contribution in [0.15, 0.2) is 0 Å². The quantitative estimate of drug-likeness (QED) is 0.494. The number of carbonyl (C=O) groups excluding carboxylic acids is 1. The first-order valence-corrected chi connectivity index (χ1v) is 4.41. The Hall–Kier alpha value is -0.330. The van der Waals surface area contributed by atoms with E-state index >= 15 is 0 Å². The van der Waals surface area contributed by atoms with Crippen LogP contribution < -0.4 is 0 Å². The van der Waals surface area contributed by atoms with Crippen LogP contribution in [-0.2, 0) is 4.79 Å². The molecule has 3 saturated carbocycles. The highest BCUT2D eigenvalue weighted by atomic mass is 16.1. The predicted octanol–water partition coefficient (Wildman–Crippen LogP) is 1.62. The van der Waals surface area contributed by atoms with Crippen molar-refractivity contribution in [2.75, 3.05) is 0 Å². The summed E-state index contributed by atoms with van der Waals surface area (Å²) >= 11 is 0. The van der Waals surface area contributed by atoms with E-state index in [2.05, 4.69) is 0 Å². The number of rotatable bonds is 0. The first-order valence-electron chi connectivity index (χ1n) is 4.41. The van der Waals surface area contributed by atoms with Crippen molar-refractivity contribution in [3.05, 3.63) is 0 Å². The van der Waals surface area contributed by atoms with E-state index in [-0.39, 0.29) is 0 Å². The Morgan fingerprint density at radius 3 is 2.20 bits per heavy atom. The van der Waals surface area contributed by atoms with Crippen molar-refractivity contribution < 1.29 is 4.79 Å². The van der Waals surface area contributed by atoms with Crippen LogP contribution in [0.2, 0.25) is 0 Å². The molecule has 1 nitrogen and oxygen atoms in total. The molecule has 1 heteroatoms. The minimum absolute atomic E-state index is 0.539. The maximum absolute atomic E-state index is 11.3. The van der Waals surface area contributed by atoms with Gasteiger partial charge in [0.05, 0.1) is 0 Å². The molecule has 0 N–H and O–H groups in total. The number of ketones is 1. The van der Waals surface area contributed by atoms with Crippen LogP contribution in [0.4, 0.5) is 0 Å². The standard InChI is InChI=1S/C9H12O/c10-9-6-3-1-5-2-4-7(9)8(5)6/h5-8H,1-4H2/t5?,6-,7+,8?. The molecule has 3 aliphatic carbocycles. The number of Topliss-reactive ketones (excluding diaryl/α,β-unsaturated/α-hetero) is 1. The lowest BCUT2D eigenvalue weighted by molar-refractivity contribution is -0.139. The third-order valence-electron chi connectivity index (χ3n) is 3.90. The summed E-state index contributed by atoms with van der Waals surface area (Å²) in [5.41, 5.74) is 0. The van der Waals surface area contributed by atoms with Gasteiger partial charge >= 0.3 is 0 Å². The van der Waals surface area contributed by atoms with E-state index in [1.807, 2.05) is 0 Å². The minimum Gasteiger partial charge on any atom is -0.299 e. The Kier molecular flexibility index (Phi) is 0.781. The fourth-order valence-corrected chi connectivity index (χ4v) is 3.46. The summed E-state index contributed by atoms with van der Waals surface area (Å²) in [6.07, 6.45) is 5.17. The Bertz CT molecular complexity index is 179. The van der Waals surface area contributed by atoms with Crippen molar-refractivity contribution in [1.29, 1.82) is 0 Å². The molecule has 0 aliphatic heterocycles. The molecule has 0 heterocycles. The third-order valence-corrected chi connectivity index (χ3v) is 3.90. The lowest BCUT2D eigenvalue weighted by atomic mass is 9.66. The number of hydrogen-bond donors (Lipinski definition) is 0. The molecule has 0 bridgehead atoms. The van der Waals surface area contributed by atoms with Gasteiger partial charge < -0.3 is 0 Å². The average Bonchev–Trinajstić information content (AvgIpc) is 2.37. The van der Waals surface area contributed by atoms with E-state index in [0.717, 1.165) is 11.8 Å². The highest BCUT2D eigenvalue weighted by molar-refractivity contribution is 5.91. The lowest BCUT2D eigenvalue weighted by Crippen LogP contribution is -2.42. The van der Waals surface area contributed by atoms with E-state index < -0.39 is 0 Å². The molecule has 3 rings (SSSR count). The topological polar surface area (TPSA) is 17.1 Å². The lowest BCUT2D eigenvalue weighted by Gasteiger charge is -2.35.